The lowest BCUT2D eigenvalue weighted by Crippen LogP contribution is -2.41. The first kappa shape index (κ1) is 14.0. The summed E-state index contributed by atoms with van der Waals surface area (Å²) in [5.41, 5.74) is 0. The number of hydrogen-bond donors (Lipinski definition) is 1. The molecular weight excluding hydrogens is 198 g/mol. The molecule has 0 saturated heterocycles. The van der Waals surface area contributed by atoms with Crippen LogP contribution in [0.2, 0.25) is 0 Å². The van der Waals surface area contributed by atoms with Crippen LogP contribution < -0.4 is 5.32 Å². The molecule has 1 N–H and O–H groups in total. The van der Waals surface area contributed by atoms with Crippen molar-refractivity contribution in [1.82, 2.24) is 5.32 Å². The molecule has 0 spiro atoms. The Hall–Kier alpha value is -0.0800. The van der Waals surface area contributed by atoms with Crippen molar-refractivity contribution in [1.29, 1.82) is 0 Å². The zero-order valence-electron chi connectivity index (χ0n) is 11.3. The minimum absolute atomic E-state index is 0.502. The normalized spacial score (nSPS) is 27.9. The molecule has 1 rings (SSSR count). The summed E-state index contributed by atoms with van der Waals surface area (Å²) in [6.07, 6.45) is 9.81. The Balaban J connectivity index is 2.11. The Bertz CT molecular complexity index is 164. The van der Waals surface area contributed by atoms with E-state index in [1.165, 1.54) is 44.9 Å². The summed E-state index contributed by atoms with van der Waals surface area (Å²) < 4.78 is 5.16. The molecule has 0 aromatic carbocycles. The van der Waals surface area contributed by atoms with Crippen LogP contribution in [0.25, 0.3) is 0 Å². The molecule has 1 fully saturated rings. The third-order valence-corrected chi connectivity index (χ3v) is 3.75. The van der Waals surface area contributed by atoms with Gasteiger partial charge in [-0.05, 0) is 38.5 Å². The molecule has 0 amide bonds. The van der Waals surface area contributed by atoms with E-state index >= 15 is 0 Å². The van der Waals surface area contributed by atoms with Crippen molar-refractivity contribution >= 4 is 0 Å². The molecule has 2 nitrogen and oxygen atoms in total. The average Bonchev–Trinajstić information content (AvgIpc) is 2.28. The van der Waals surface area contributed by atoms with Gasteiger partial charge in [0.05, 0.1) is 6.61 Å². The third-order valence-electron chi connectivity index (χ3n) is 3.75. The van der Waals surface area contributed by atoms with Gasteiger partial charge in [0.25, 0.3) is 0 Å². The molecule has 0 heterocycles. The fourth-order valence-electron chi connectivity index (χ4n) is 2.81. The van der Waals surface area contributed by atoms with Gasteiger partial charge in [0.2, 0.25) is 0 Å². The minimum Gasteiger partial charge on any atom is -0.383 e. The highest BCUT2D eigenvalue weighted by Crippen LogP contribution is 2.28. The van der Waals surface area contributed by atoms with E-state index in [1.807, 2.05) is 0 Å². The first-order valence-corrected chi connectivity index (χ1v) is 7.01. The van der Waals surface area contributed by atoms with E-state index in [2.05, 4.69) is 19.2 Å². The first-order valence-electron chi connectivity index (χ1n) is 7.01. The second-order valence-electron chi connectivity index (χ2n) is 5.38. The van der Waals surface area contributed by atoms with Crippen LogP contribution in [-0.2, 0) is 4.74 Å². The Morgan fingerprint density at radius 3 is 2.50 bits per heavy atom. The molecule has 0 radical (unpaired) electrons. The highest BCUT2D eigenvalue weighted by atomic mass is 16.5. The number of nitrogens with one attached hydrogen (secondary N) is 1. The van der Waals surface area contributed by atoms with Gasteiger partial charge in [-0.1, -0.05) is 26.2 Å². The average molecular weight is 227 g/mol. The van der Waals surface area contributed by atoms with E-state index in [9.17, 15) is 0 Å². The molecule has 2 heteroatoms. The van der Waals surface area contributed by atoms with E-state index < -0.39 is 0 Å². The Kier molecular flexibility index (Phi) is 7.06. The van der Waals surface area contributed by atoms with Gasteiger partial charge in [0.1, 0.15) is 0 Å². The van der Waals surface area contributed by atoms with Crippen LogP contribution in [-0.4, -0.2) is 25.8 Å². The molecule has 1 aliphatic carbocycles. The fraction of sp³-hybridized carbons (Fsp3) is 1.00. The van der Waals surface area contributed by atoms with E-state index in [-0.39, 0.29) is 0 Å². The summed E-state index contributed by atoms with van der Waals surface area (Å²) in [6.45, 7) is 5.34. The van der Waals surface area contributed by atoms with Gasteiger partial charge in [-0.2, -0.15) is 0 Å². The van der Waals surface area contributed by atoms with Gasteiger partial charge in [-0.3, -0.25) is 0 Å². The van der Waals surface area contributed by atoms with Gasteiger partial charge in [0, 0.05) is 19.2 Å². The van der Waals surface area contributed by atoms with Crippen molar-refractivity contribution in [3.63, 3.8) is 0 Å². The minimum atomic E-state index is 0.502. The van der Waals surface area contributed by atoms with Crippen molar-refractivity contribution in [2.45, 2.75) is 70.9 Å². The molecule has 0 aliphatic heterocycles. The summed E-state index contributed by atoms with van der Waals surface area (Å²) in [6, 6.07) is 1.24. The van der Waals surface area contributed by atoms with E-state index in [0.29, 0.717) is 6.04 Å². The first-order chi connectivity index (χ1) is 7.76. The van der Waals surface area contributed by atoms with Crippen LogP contribution in [0.1, 0.15) is 58.8 Å². The maximum absolute atomic E-state index is 5.16. The van der Waals surface area contributed by atoms with Gasteiger partial charge in [0.15, 0.2) is 0 Å². The molecule has 0 bridgehead atoms. The van der Waals surface area contributed by atoms with Crippen LogP contribution >= 0.6 is 0 Å². The molecule has 1 unspecified atom stereocenters. The standard InChI is InChI=1S/C14H29NO/c1-4-5-6-13-7-9-14(10-8-13)15-12(2)11-16-3/h12-15H,4-11H2,1-3H3. The Labute approximate surface area is 101 Å². The zero-order valence-corrected chi connectivity index (χ0v) is 11.3. The van der Waals surface area contributed by atoms with E-state index in [1.54, 1.807) is 7.11 Å². The SMILES string of the molecule is CCCCC1CCC(NC(C)COC)CC1. The van der Waals surface area contributed by atoms with Crippen molar-refractivity contribution in [2.24, 2.45) is 5.92 Å². The highest BCUT2D eigenvalue weighted by Gasteiger charge is 2.21. The number of ether oxygens (including phenoxy) is 1. The fourth-order valence-corrected chi connectivity index (χ4v) is 2.81. The molecular formula is C14H29NO. The number of unbranched alkanes of at least 4 members (excludes halogenated alkanes) is 1. The van der Waals surface area contributed by atoms with Gasteiger partial charge < -0.3 is 10.1 Å². The number of hydrogen-bond acceptors (Lipinski definition) is 2. The molecule has 0 aromatic rings. The molecule has 16 heavy (non-hydrogen) atoms. The summed E-state index contributed by atoms with van der Waals surface area (Å²) in [4.78, 5) is 0. The lowest BCUT2D eigenvalue weighted by atomic mass is 9.83. The smallest absolute Gasteiger partial charge is 0.0613 e. The van der Waals surface area contributed by atoms with Crippen LogP contribution in [0.3, 0.4) is 0 Å². The topological polar surface area (TPSA) is 21.3 Å². The maximum Gasteiger partial charge on any atom is 0.0613 e. The Morgan fingerprint density at radius 1 is 1.25 bits per heavy atom. The van der Waals surface area contributed by atoms with E-state index in [4.69, 9.17) is 4.74 Å². The second-order valence-corrected chi connectivity index (χ2v) is 5.38. The van der Waals surface area contributed by atoms with Crippen LogP contribution in [0.15, 0.2) is 0 Å². The Morgan fingerprint density at radius 2 is 1.94 bits per heavy atom. The number of rotatable bonds is 7. The van der Waals surface area contributed by atoms with Gasteiger partial charge in [-0.15, -0.1) is 0 Å². The maximum atomic E-state index is 5.16. The summed E-state index contributed by atoms with van der Waals surface area (Å²) >= 11 is 0. The molecule has 1 saturated carbocycles. The molecule has 0 aromatic heterocycles. The predicted octanol–water partition coefficient (Wildman–Crippen LogP) is 3.36. The number of methoxy groups -OCH3 is 1. The summed E-state index contributed by atoms with van der Waals surface area (Å²) in [7, 11) is 1.78. The van der Waals surface area contributed by atoms with Gasteiger partial charge in [-0.25, -0.2) is 0 Å². The quantitative estimate of drug-likeness (QED) is 0.720. The third kappa shape index (κ3) is 5.31. The van der Waals surface area contributed by atoms with E-state index in [0.717, 1.165) is 18.6 Å². The van der Waals surface area contributed by atoms with Crippen molar-refractivity contribution in [3.05, 3.63) is 0 Å². The van der Waals surface area contributed by atoms with Crippen molar-refractivity contribution in [3.8, 4) is 0 Å². The van der Waals surface area contributed by atoms with Crippen LogP contribution in [0, 0.1) is 5.92 Å². The summed E-state index contributed by atoms with van der Waals surface area (Å²) in [5, 5.41) is 3.67. The van der Waals surface area contributed by atoms with Crippen molar-refractivity contribution in [2.75, 3.05) is 13.7 Å². The second kappa shape index (κ2) is 8.08. The monoisotopic (exact) mass is 227 g/mol. The largest absolute Gasteiger partial charge is 0.383 e. The van der Waals surface area contributed by atoms with Crippen LogP contribution in [0.5, 0.6) is 0 Å². The summed E-state index contributed by atoms with van der Waals surface area (Å²) in [5.74, 6) is 1.01. The lowest BCUT2D eigenvalue weighted by Gasteiger charge is -2.31. The van der Waals surface area contributed by atoms with Crippen molar-refractivity contribution < 1.29 is 4.74 Å². The molecule has 1 aliphatic rings. The van der Waals surface area contributed by atoms with Gasteiger partial charge >= 0.3 is 0 Å². The zero-order chi connectivity index (χ0) is 11.8. The molecule has 96 valence electrons. The predicted molar refractivity (Wildman–Crippen MR) is 69.7 cm³/mol. The lowest BCUT2D eigenvalue weighted by molar-refractivity contribution is 0.157. The highest BCUT2D eigenvalue weighted by molar-refractivity contribution is 4.79. The molecule has 1 atom stereocenters. The van der Waals surface area contributed by atoms with Crippen LogP contribution in [0.4, 0.5) is 0 Å².